The normalized spacial score (nSPS) is 14.6. The molecule has 1 aliphatic heterocycles. The highest BCUT2D eigenvalue weighted by Crippen LogP contribution is 2.20. The molecule has 1 aliphatic rings. The van der Waals surface area contributed by atoms with Gasteiger partial charge in [0.25, 0.3) is 5.91 Å². The molecule has 0 atom stereocenters. The fourth-order valence-corrected chi connectivity index (χ4v) is 3.23. The van der Waals surface area contributed by atoms with Crippen molar-refractivity contribution in [2.45, 2.75) is 6.54 Å². The average Bonchev–Trinajstić information content (AvgIpc) is 2.68. The zero-order chi connectivity index (χ0) is 20.1. The van der Waals surface area contributed by atoms with Crippen molar-refractivity contribution in [2.75, 3.05) is 38.6 Å². The molecule has 3 amide bonds. The number of piperazine rings is 1. The predicted molar refractivity (Wildman–Crippen MR) is 104 cm³/mol. The van der Waals surface area contributed by atoms with E-state index in [2.05, 4.69) is 10.2 Å². The Morgan fingerprint density at radius 3 is 2.54 bits per heavy atom. The number of ether oxygens (including phenoxy) is 1. The molecule has 2 aromatic rings. The molecule has 8 heteroatoms. The number of benzene rings is 2. The SMILES string of the molecule is COc1ccc(CN2CCN(C(=O)c3cccc(NC(N)=O)c3)CC2)cc1F. The number of hydrogen-bond donors (Lipinski definition) is 2. The number of nitrogens with one attached hydrogen (secondary N) is 1. The number of nitrogens with zero attached hydrogens (tertiary/aromatic N) is 2. The third-order valence-corrected chi connectivity index (χ3v) is 4.66. The van der Waals surface area contributed by atoms with Gasteiger partial charge >= 0.3 is 6.03 Å². The van der Waals surface area contributed by atoms with E-state index >= 15 is 0 Å². The Bertz CT molecular complexity index is 866. The number of carbonyl (C=O) groups is 2. The number of urea groups is 1. The van der Waals surface area contributed by atoms with Gasteiger partial charge in [0, 0.05) is 44.0 Å². The van der Waals surface area contributed by atoms with Crippen LogP contribution < -0.4 is 15.8 Å². The molecule has 0 spiro atoms. The van der Waals surface area contributed by atoms with E-state index < -0.39 is 6.03 Å². The van der Waals surface area contributed by atoms with E-state index in [1.807, 2.05) is 6.07 Å². The third-order valence-electron chi connectivity index (χ3n) is 4.66. The molecule has 1 heterocycles. The first-order chi connectivity index (χ1) is 13.5. The summed E-state index contributed by atoms with van der Waals surface area (Å²) in [6.45, 7) is 3.15. The maximum Gasteiger partial charge on any atom is 0.316 e. The maximum absolute atomic E-state index is 13.8. The second-order valence-electron chi connectivity index (χ2n) is 6.61. The van der Waals surface area contributed by atoms with Crippen molar-refractivity contribution in [1.82, 2.24) is 9.80 Å². The van der Waals surface area contributed by atoms with Gasteiger partial charge in [-0.15, -0.1) is 0 Å². The van der Waals surface area contributed by atoms with Gasteiger partial charge in [-0.25, -0.2) is 9.18 Å². The summed E-state index contributed by atoms with van der Waals surface area (Å²) < 4.78 is 18.8. The summed E-state index contributed by atoms with van der Waals surface area (Å²) >= 11 is 0. The lowest BCUT2D eigenvalue weighted by Crippen LogP contribution is -2.48. The highest BCUT2D eigenvalue weighted by atomic mass is 19.1. The maximum atomic E-state index is 13.8. The number of methoxy groups -OCH3 is 1. The van der Waals surface area contributed by atoms with Gasteiger partial charge in [0.1, 0.15) is 0 Å². The van der Waals surface area contributed by atoms with Crippen LogP contribution in [0.4, 0.5) is 14.9 Å². The molecule has 3 rings (SSSR count). The average molecular weight is 386 g/mol. The van der Waals surface area contributed by atoms with Crippen LogP contribution in [0.15, 0.2) is 42.5 Å². The molecule has 3 N–H and O–H groups in total. The zero-order valence-electron chi connectivity index (χ0n) is 15.7. The molecule has 0 aliphatic carbocycles. The molecule has 0 unspecified atom stereocenters. The first kappa shape index (κ1) is 19.6. The van der Waals surface area contributed by atoms with Crippen molar-refractivity contribution >= 4 is 17.6 Å². The largest absolute Gasteiger partial charge is 0.494 e. The number of nitrogens with two attached hydrogens (primary N) is 1. The fraction of sp³-hybridized carbons (Fsp3) is 0.300. The molecule has 2 aromatic carbocycles. The van der Waals surface area contributed by atoms with Crippen molar-refractivity contribution < 1.29 is 18.7 Å². The highest BCUT2D eigenvalue weighted by molar-refractivity contribution is 5.96. The van der Waals surface area contributed by atoms with E-state index in [1.165, 1.54) is 13.2 Å². The van der Waals surface area contributed by atoms with E-state index in [0.29, 0.717) is 44.0 Å². The summed E-state index contributed by atoms with van der Waals surface area (Å²) in [5.74, 6) is -0.242. The molecular formula is C20H23FN4O3. The molecule has 28 heavy (non-hydrogen) atoms. The molecule has 7 nitrogen and oxygen atoms in total. The molecule has 1 saturated heterocycles. The summed E-state index contributed by atoms with van der Waals surface area (Å²) in [6.07, 6.45) is 0. The van der Waals surface area contributed by atoms with Crippen molar-refractivity contribution in [2.24, 2.45) is 5.73 Å². The molecule has 0 saturated carbocycles. The smallest absolute Gasteiger partial charge is 0.316 e. The number of anilines is 1. The number of primary amides is 1. The van der Waals surface area contributed by atoms with Crippen molar-refractivity contribution in [3.05, 3.63) is 59.4 Å². The monoisotopic (exact) mass is 386 g/mol. The van der Waals surface area contributed by atoms with Crippen LogP contribution in [-0.4, -0.2) is 55.0 Å². The van der Waals surface area contributed by atoms with Gasteiger partial charge in [0.05, 0.1) is 7.11 Å². The highest BCUT2D eigenvalue weighted by Gasteiger charge is 2.22. The third kappa shape index (κ3) is 4.77. The molecule has 0 bridgehead atoms. The van der Waals surface area contributed by atoms with Crippen LogP contribution in [0.5, 0.6) is 5.75 Å². The van der Waals surface area contributed by atoms with Crippen LogP contribution >= 0.6 is 0 Å². The van der Waals surface area contributed by atoms with Gasteiger partial charge in [0.15, 0.2) is 11.6 Å². The predicted octanol–water partition coefficient (Wildman–Crippen LogP) is 2.28. The lowest BCUT2D eigenvalue weighted by molar-refractivity contribution is 0.0628. The van der Waals surface area contributed by atoms with Crippen LogP contribution in [0.3, 0.4) is 0 Å². The van der Waals surface area contributed by atoms with E-state index in [1.54, 1.807) is 35.2 Å². The minimum Gasteiger partial charge on any atom is -0.494 e. The molecule has 0 aromatic heterocycles. The van der Waals surface area contributed by atoms with Crippen molar-refractivity contribution in [1.29, 1.82) is 0 Å². The Hall–Kier alpha value is -3.13. The first-order valence-electron chi connectivity index (χ1n) is 8.97. The van der Waals surface area contributed by atoms with Gasteiger partial charge in [-0.05, 0) is 35.9 Å². The second-order valence-corrected chi connectivity index (χ2v) is 6.61. The zero-order valence-corrected chi connectivity index (χ0v) is 15.7. The molecule has 148 valence electrons. The summed E-state index contributed by atoms with van der Waals surface area (Å²) in [7, 11) is 1.44. The van der Waals surface area contributed by atoms with Crippen LogP contribution in [0.1, 0.15) is 15.9 Å². The van der Waals surface area contributed by atoms with Gasteiger partial charge in [-0.2, -0.15) is 0 Å². The molecule has 1 fully saturated rings. The van der Waals surface area contributed by atoms with E-state index in [0.717, 1.165) is 5.56 Å². The number of amides is 3. The van der Waals surface area contributed by atoms with E-state index in [9.17, 15) is 14.0 Å². The minimum atomic E-state index is -0.673. The van der Waals surface area contributed by atoms with Crippen LogP contribution in [0.2, 0.25) is 0 Å². The quantitative estimate of drug-likeness (QED) is 0.825. The Morgan fingerprint density at radius 1 is 1.14 bits per heavy atom. The summed E-state index contributed by atoms with van der Waals surface area (Å²) in [6, 6.07) is 11.0. The number of halogens is 1. The summed E-state index contributed by atoms with van der Waals surface area (Å²) in [4.78, 5) is 27.6. The Labute approximate surface area is 162 Å². The van der Waals surface area contributed by atoms with E-state index in [-0.39, 0.29) is 17.5 Å². The topological polar surface area (TPSA) is 87.9 Å². The minimum absolute atomic E-state index is 0.0942. The van der Waals surface area contributed by atoms with Crippen LogP contribution in [0.25, 0.3) is 0 Å². The standard InChI is InChI=1S/C20H23FN4O3/c1-28-18-6-5-14(11-17(18)21)13-24-7-9-25(10-8-24)19(26)15-3-2-4-16(12-15)23-20(22)27/h2-6,11-12H,7-10,13H2,1H3,(H3,22,23,27). The van der Waals surface area contributed by atoms with Gasteiger partial charge in [-0.3, -0.25) is 9.69 Å². The lowest BCUT2D eigenvalue weighted by Gasteiger charge is -2.34. The van der Waals surface area contributed by atoms with Crippen LogP contribution in [-0.2, 0) is 6.54 Å². The molecule has 0 radical (unpaired) electrons. The summed E-state index contributed by atoms with van der Waals surface area (Å²) in [5.41, 5.74) is 6.96. The number of hydrogen-bond acceptors (Lipinski definition) is 4. The van der Waals surface area contributed by atoms with Gasteiger partial charge in [0.2, 0.25) is 0 Å². The second kappa shape index (κ2) is 8.71. The van der Waals surface area contributed by atoms with E-state index in [4.69, 9.17) is 10.5 Å². The molecular weight excluding hydrogens is 363 g/mol. The Balaban J connectivity index is 1.57. The first-order valence-corrected chi connectivity index (χ1v) is 8.97. The lowest BCUT2D eigenvalue weighted by atomic mass is 10.1. The fourth-order valence-electron chi connectivity index (χ4n) is 3.23. The summed E-state index contributed by atoms with van der Waals surface area (Å²) in [5, 5.41) is 2.47. The van der Waals surface area contributed by atoms with Gasteiger partial charge < -0.3 is 20.7 Å². The Kier molecular flexibility index (Phi) is 6.10. The number of rotatable bonds is 5. The van der Waals surface area contributed by atoms with Gasteiger partial charge in [-0.1, -0.05) is 12.1 Å². The van der Waals surface area contributed by atoms with Crippen LogP contribution in [0, 0.1) is 5.82 Å². The van der Waals surface area contributed by atoms with Crippen molar-refractivity contribution in [3.63, 3.8) is 0 Å². The number of carbonyl (C=O) groups excluding carboxylic acids is 2. The van der Waals surface area contributed by atoms with Crippen molar-refractivity contribution in [3.8, 4) is 5.75 Å². The Morgan fingerprint density at radius 2 is 1.89 bits per heavy atom.